The van der Waals surface area contributed by atoms with Crippen LogP contribution >= 0.6 is 0 Å². The van der Waals surface area contributed by atoms with E-state index < -0.39 is 61.4 Å². The molecule has 1 saturated heterocycles. The first-order chi connectivity index (χ1) is 17.8. The van der Waals surface area contributed by atoms with Crippen molar-refractivity contribution in [1.29, 1.82) is 0 Å². The number of aromatic nitrogens is 2. The Hall–Kier alpha value is -3.39. The molecule has 206 valence electrons. The van der Waals surface area contributed by atoms with Crippen molar-refractivity contribution in [3.05, 3.63) is 47.3 Å². The van der Waals surface area contributed by atoms with Gasteiger partial charge < -0.3 is 20.4 Å². The maximum Gasteiger partial charge on any atom is 0.433 e. The largest absolute Gasteiger partial charge is 0.465 e. The summed E-state index contributed by atoms with van der Waals surface area (Å²) in [5.41, 5.74) is -0.787. The van der Waals surface area contributed by atoms with Crippen molar-refractivity contribution < 1.29 is 41.8 Å². The molecule has 0 spiro atoms. The molecule has 2 aliphatic heterocycles. The molecule has 0 radical (unpaired) electrons. The number of hydrogen-bond donors (Lipinski definition) is 3. The summed E-state index contributed by atoms with van der Waals surface area (Å²) in [7, 11) is 0. The van der Waals surface area contributed by atoms with E-state index in [1.807, 2.05) is 0 Å². The van der Waals surface area contributed by atoms with E-state index in [4.69, 9.17) is 0 Å². The number of likely N-dealkylation sites (tertiary alicyclic amines) is 1. The Morgan fingerprint density at radius 3 is 2.55 bits per heavy atom. The Morgan fingerprint density at radius 2 is 1.89 bits per heavy atom. The van der Waals surface area contributed by atoms with Gasteiger partial charge in [0.2, 0.25) is 5.91 Å². The highest BCUT2D eigenvalue weighted by atomic mass is 19.4. The number of nitrogens with zero attached hydrogens (tertiary/aromatic N) is 4. The smallest absolute Gasteiger partial charge is 0.433 e. The molecule has 1 aromatic carbocycles. The van der Waals surface area contributed by atoms with Gasteiger partial charge in [0.15, 0.2) is 11.5 Å². The first-order valence-electron chi connectivity index (χ1n) is 11.9. The fourth-order valence-electron chi connectivity index (χ4n) is 4.74. The normalized spacial score (nSPS) is 20.5. The number of nitrogens with one attached hydrogen (secondary N) is 1. The van der Waals surface area contributed by atoms with E-state index in [2.05, 4.69) is 15.3 Å². The molecule has 4 rings (SSSR count). The van der Waals surface area contributed by atoms with Crippen molar-refractivity contribution in [1.82, 2.24) is 25.1 Å². The fraction of sp³-hybridized carbons (Fsp3) is 0.500. The predicted molar refractivity (Wildman–Crippen MR) is 123 cm³/mol. The lowest BCUT2D eigenvalue weighted by atomic mass is 10.0. The Morgan fingerprint density at radius 1 is 1.18 bits per heavy atom. The van der Waals surface area contributed by atoms with E-state index in [9.17, 15) is 41.8 Å². The van der Waals surface area contributed by atoms with Crippen LogP contribution in [-0.2, 0) is 23.9 Å². The Labute approximate surface area is 214 Å². The molecular weight excluding hydrogens is 517 g/mol. The van der Waals surface area contributed by atoms with Crippen molar-refractivity contribution in [3.63, 3.8) is 0 Å². The van der Waals surface area contributed by atoms with Gasteiger partial charge in [0.05, 0.1) is 24.8 Å². The maximum atomic E-state index is 13.8. The minimum atomic E-state index is -4.74. The summed E-state index contributed by atoms with van der Waals surface area (Å²) in [6.07, 6.45) is -8.79. The lowest BCUT2D eigenvalue weighted by Crippen LogP contribution is -2.54. The number of alkyl halides is 5. The zero-order valence-corrected chi connectivity index (χ0v) is 20.1. The van der Waals surface area contributed by atoms with Gasteiger partial charge in [-0.3, -0.25) is 9.69 Å². The number of rotatable bonds is 6. The molecule has 38 heavy (non-hydrogen) atoms. The second-order valence-electron chi connectivity index (χ2n) is 9.41. The number of carbonyl (C=O) groups is 2. The molecule has 2 amide bonds. The van der Waals surface area contributed by atoms with Crippen molar-refractivity contribution in [2.45, 2.75) is 56.6 Å². The second-order valence-corrected chi connectivity index (χ2v) is 9.41. The lowest BCUT2D eigenvalue weighted by molar-refractivity contribution is -0.142. The summed E-state index contributed by atoms with van der Waals surface area (Å²) in [6, 6.07) is 6.94. The van der Waals surface area contributed by atoms with Gasteiger partial charge in [0.25, 0.3) is 5.92 Å². The monoisotopic (exact) mass is 543 g/mol. The van der Waals surface area contributed by atoms with Crippen LogP contribution < -0.4 is 5.32 Å². The summed E-state index contributed by atoms with van der Waals surface area (Å²) >= 11 is 0. The summed E-state index contributed by atoms with van der Waals surface area (Å²) < 4.78 is 69.1. The van der Waals surface area contributed by atoms with Gasteiger partial charge in [0.1, 0.15) is 6.23 Å². The number of carbonyl (C=O) groups excluding carboxylic acids is 1. The average Bonchev–Trinajstić information content (AvgIpc) is 2.84. The molecule has 1 unspecified atom stereocenters. The summed E-state index contributed by atoms with van der Waals surface area (Å²) in [5, 5.41) is 21.4. The molecule has 3 heterocycles. The van der Waals surface area contributed by atoms with Gasteiger partial charge in [-0.2, -0.15) is 13.2 Å². The van der Waals surface area contributed by atoms with E-state index in [0.29, 0.717) is 5.56 Å². The molecule has 0 bridgehead atoms. The van der Waals surface area contributed by atoms with Crippen LogP contribution in [0.2, 0.25) is 0 Å². The van der Waals surface area contributed by atoms with Crippen LogP contribution in [0.25, 0.3) is 11.4 Å². The van der Waals surface area contributed by atoms with Crippen LogP contribution in [0.1, 0.15) is 36.2 Å². The minimum absolute atomic E-state index is 0.0274. The highest BCUT2D eigenvalue weighted by Crippen LogP contribution is 2.35. The molecule has 14 heteroatoms. The molecule has 1 fully saturated rings. The molecule has 2 aromatic rings. The zero-order chi connectivity index (χ0) is 27.7. The number of hydrogen-bond acceptors (Lipinski definition) is 6. The Kier molecular flexibility index (Phi) is 7.83. The molecular formula is C24H26F5N5O4. The number of aliphatic hydroxyl groups is 1. The topological polar surface area (TPSA) is 119 Å². The highest BCUT2D eigenvalue weighted by Gasteiger charge is 2.41. The van der Waals surface area contributed by atoms with Crippen molar-refractivity contribution in [2.24, 2.45) is 0 Å². The van der Waals surface area contributed by atoms with Crippen LogP contribution in [0.4, 0.5) is 26.7 Å². The third kappa shape index (κ3) is 6.54. The van der Waals surface area contributed by atoms with E-state index in [0.717, 1.165) is 4.90 Å². The molecule has 1 aromatic heterocycles. The summed E-state index contributed by atoms with van der Waals surface area (Å²) in [6.45, 7) is -1.49. The van der Waals surface area contributed by atoms with Gasteiger partial charge in [-0.25, -0.2) is 23.5 Å². The molecule has 9 nitrogen and oxygen atoms in total. The number of halogens is 5. The number of carboxylic acid groups (broad SMARTS) is 1. The van der Waals surface area contributed by atoms with Crippen LogP contribution in [0.3, 0.4) is 0 Å². The van der Waals surface area contributed by atoms with Gasteiger partial charge in [-0.15, -0.1) is 0 Å². The van der Waals surface area contributed by atoms with E-state index in [1.165, 1.54) is 4.90 Å². The third-order valence-corrected chi connectivity index (χ3v) is 6.55. The number of benzene rings is 1. The average molecular weight is 543 g/mol. The zero-order valence-electron chi connectivity index (χ0n) is 20.1. The SMILES string of the molecule is O=C(O)N[C@@H](CC(=O)N1CCc2c(nc(-c3ccccc3)nc2C(F)(F)F)C1)CN1CC(F)(F)CCC1O. The van der Waals surface area contributed by atoms with Gasteiger partial charge in [-0.1, -0.05) is 30.3 Å². The van der Waals surface area contributed by atoms with Crippen LogP contribution in [0, 0.1) is 0 Å². The standard InChI is InChI=1S/C24H26F5N5O4/c25-23(26)8-6-18(35)34(13-23)11-15(30-22(37)38)10-19(36)33-9-7-16-17(12-33)31-21(14-4-2-1-3-5-14)32-20(16)24(27,28)29/h1-5,15,18,30,35H,6-13H2,(H,37,38)/t15-,18?/m0/s1. The number of fused-ring (bicyclic) bond motifs is 1. The van der Waals surface area contributed by atoms with Gasteiger partial charge >= 0.3 is 12.3 Å². The molecule has 2 atom stereocenters. The van der Waals surface area contributed by atoms with Crippen molar-refractivity contribution >= 4 is 12.0 Å². The van der Waals surface area contributed by atoms with Crippen molar-refractivity contribution in [3.8, 4) is 11.4 Å². The first kappa shape index (κ1) is 27.6. The molecule has 3 N–H and O–H groups in total. The lowest BCUT2D eigenvalue weighted by Gasteiger charge is -2.38. The number of aliphatic hydroxyl groups excluding tert-OH is 1. The quantitative estimate of drug-likeness (QED) is 0.479. The molecule has 0 saturated carbocycles. The van der Waals surface area contributed by atoms with Crippen LogP contribution in [0.15, 0.2) is 30.3 Å². The van der Waals surface area contributed by atoms with E-state index in [-0.39, 0.29) is 49.6 Å². The minimum Gasteiger partial charge on any atom is -0.465 e. The summed E-state index contributed by atoms with van der Waals surface area (Å²) in [5.74, 6) is -3.81. The molecule has 0 aliphatic carbocycles. The number of amides is 2. The van der Waals surface area contributed by atoms with Gasteiger partial charge in [0, 0.05) is 37.1 Å². The van der Waals surface area contributed by atoms with Crippen LogP contribution in [-0.4, -0.2) is 79.8 Å². The number of piperidine rings is 1. The molecule has 2 aliphatic rings. The first-order valence-corrected chi connectivity index (χ1v) is 11.9. The maximum absolute atomic E-state index is 13.8. The predicted octanol–water partition coefficient (Wildman–Crippen LogP) is 3.12. The Balaban J connectivity index is 1.54. The van der Waals surface area contributed by atoms with E-state index in [1.54, 1.807) is 30.3 Å². The van der Waals surface area contributed by atoms with Crippen LogP contribution in [0.5, 0.6) is 0 Å². The third-order valence-electron chi connectivity index (χ3n) is 6.55. The van der Waals surface area contributed by atoms with E-state index >= 15 is 0 Å². The highest BCUT2D eigenvalue weighted by molar-refractivity contribution is 5.78. The Bertz CT molecular complexity index is 1180. The summed E-state index contributed by atoms with van der Waals surface area (Å²) in [4.78, 5) is 34.7. The van der Waals surface area contributed by atoms with Gasteiger partial charge in [-0.05, 0) is 12.8 Å². The fourth-order valence-corrected chi connectivity index (χ4v) is 4.74. The van der Waals surface area contributed by atoms with Crippen molar-refractivity contribution in [2.75, 3.05) is 19.6 Å². The second kappa shape index (κ2) is 10.8.